The molecule has 0 bridgehead atoms. The number of hydrogen-bond acceptors (Lipinski definition) is 2. The molecule has 1 saturated carbocycles. The van der Waals surface area contributed by atoms with Crippen molar-refractivity contribution >= 4 is 5.78 Å². The van der Waals surface area contributed by atoms with Gasteiger partial charge in [-0.2, -0.15) is 0 Å². The minimum Gasteiger partial charge on any atom is -0.309 e. The molecule has 0 heterocycles. The van der Waals surface area contributed by atoms with Crippen LogP contribution in [0.15, 0.2) is 11.6 Å². The first kappa shape index (κ1) is 13.4. The van der Waals surface area contributed by atoms with Crippen molar-refractivity contribution in [1.82, 2.24) is 4.90 Å². The number of hydrogen-bond donors (Lipinski definition) is 0. The highest BCUT2D eigenvalue weighted by Gasteiger charge is 2.28. The molecule has 0 spiro atoms. The SMILES string of the molecule is CCCCCC=C1CCC(CN(C)C)C1=O. The number of rotatable bonds is 6. The lowest BCUT2D eigenvalue weighted by Crippen LogP contribution is -2.24. The van der Waals surface area contributed by atoms with Crippen molar-refractivity contribution in [3.05, 3.63) is 11.6 Å². The van der Waals surface area contributed by atoms with Gasteiger partial charge in [0.15, 0.2) is 5.78 Å². The van der Waals surface area contributed by atoms with E-state index in [-0.39, 0.29) is 5.92 Å². The van der Waals surface area contributed by atoms with Gasteiger partial charge in [-0.3, -0.25) is 4.79 Å². The number of unbranched alkanes of at least 4 members (excludes halogenated alkanes) is 3. The summed E-state index contributed by atoms with van der Waals surface area (Å²) >= 11 is 0. The second kappa shape index (κ2) is 6.85. The fourth-order valence-electron chi connectivity index (χ4n) is 2.33. The average molecular weight is 223 g/mol. The summed E-state index contributed by atoms with van der Waals surface area (Å²) in [6.45, 7) is 3.12. The Morgan fingerprint density at radius 1 is 1.38 bits per heavy atom. The summed E-state index contributed by atoms with van der Waals surface area (Å²) in [6, 6.07) is 0. The lowest BCUT2D eigenvalue weighted by Gasteiger charge is -2.13. The van der Waals surface area contributed by atoms with Crippen LogP contribution in [0.4, 0.5) is 0 Å². The first-order valence-corrected chi connectivity index (χ1v) is 6.53. The molecule has 1 atom stereocenters. The predicted octanol–water partition coefficient (Wildman–Crippen LogP) is 3.03. The van der Waals surface area contributed by atoms with Gasteiger partial charge < -0.3 is 4.90 Å². The monoisotopic (exact) mass is 223 g/mol. The molecule has 0 N–H and O–H groups in total. The van der Waals surface area contributed by atoms with E-state index < -0.39 is 0 Å². The molecule has 1 aliphatic rings. The standard InChI is InChI=1S/C14H25NO/c1-4-5-6-7-8-12-9-10-13(14(12)16)11-15(2)3/h8,13H,4-7,9-11H2,1-3H3. The van der Waals surface area contributed by atoms with E-state index in [9.17, 15) is 4.79 Å². The molecule has 1 aliphatic carbocycles. The van der Waals surface area contributed by atoms with Crippen LogP contribution in [-0.4, -0.2) is 31.3 Å². The van der Waals surface area contributed by atoms with Gasteiger partial charge in [0.25, 0.3) is 0 Å². The van der Waals surface area contributed by atoms with Crippen molar-refractivity contribution in [2.45, 2.75) is 45.4 Å². The molecule has 0 aromatic rings. The second-order valence-corrected chi connectivity index (χ2v) is 5.09. The third-order valence-electron chi connectivity index (χ3n) is 3.23. The van der Waals surface area contributed by atoms with Gasteiger partial charge in [0.2, 0.25) is 0 Å². The largest absolute Gasteiger partial charge is 0.309 e. The molecule has 92 valence electrons. The van der Waals surface area contributed by atoms with E-state index in [0.717, 1.165) is 31.4 Å². The average Bonchev–Trinajstić information content (AvgIpc) is 2.56. The molecule has 1 fully saturated rings. The maximum atomic E-state index is 12.0. The van der Waals surface area contributed by atoms with Crippen molar-refractivity contribution in [2.24, 2.45) is 5.92 Å². The summed E-state index contributed by atoms with van der Waals surface area (Å²) in [5.41, 5.74) is 1.10. The summed E-state index contributed by atoms with van der Waals surface area (Å²) in [7, 11) is 4.08. The van der Waals surface area contributed by atoms with Gasteiger partial charge in [0.1, 0.15) is 0 Å². The number of carbonyl (C=O) groups is 1. The quantitative estimate of drug-likeness (QED) is 0.509. The van der Waals surface area contributed by atoms with Crippen LogP contribution in [0.1, 0.15) is 45.4 Å². The third kappa shape index (κ3) is 4.09. The van der Waals surface area contributed by atoms with Gasteiger partial charge in [-0.25, -0.2) is 0 Å². The zero-order valence-corrected chi connectivity index (χ0v) is 11.0. The highest BCUT2D eigenvalue weighted by Crippen LogP contribution is 2.27. The molecule has 0 amide bonds. The molecule has 1 unspecified atom stereocenters. The molecule has 0 aliphatic heterocycles. The van der Waals surface area contributed by atoms with Crippen molar-refractivity contribution in [1.29, 1.82) is 0 Å². The van der Waals surface area contributed by atoms with Crippen molar-refractivity contribution in [3.8, 4) is 0 Å². The van der Waals surface area contributed by atoms with Crippen LogP contribution in [0.5, 0.6) is 0 Å². The summed E-state index contributed by atoms with van der Waals surface area (Å²) < 4.78 is 0. The Balaban J connectivity index is 2.38. The zero-order valence-electron chi connectivity index (χ0n) is 11.0. The first-order valence-electron chi connectivity index (χ1n) is 6.53. The van der Waals surface area contributed by atoms with Crippen LogP contribution in [0.3, 0.4) is 0 Å². The summed E-state index contributed by atoms with van der Waals surface area (Å²) in [5, 5.41) is 0. The third-order valence-corrected chi connectivity index (χ3v) is 3.23. The highest BCUT2D eigenvalue weighted by molar-refractivity contribution is 5.99. The lowest BCUT2D eigenvalue weighted by atomic mass is 10.1. The van der Waals surface area contributed by atoms with Crippen molar-refractivity contribution < 1.29 is 4.79 Å². The Hall–Kier alpha value is -0.630. The van der Waals surface area contributed by atoms with Crippen LogP contribution in [-0.2, 0) is 4.79 Å². The highest BCUT2D eigenvalue weighted by atomic mass is 16.1. The molecule has 0 aromatic carbocycles. The maximum Gasteiger partial charge on any atom is 0.162 e. The zero-order chi connectivity index (χ0) is 12.0. The van der Waals surface area contributed by atoms with E-state index >= 15 is 0 Å². The fraction of sp³-hybridized carbons (Fsp3) is 0.786. The van der Waals surface area contributed by atoms with Gasteiger partial charge in [-0.15, -0.1) is 0 Å². The number of allylic oxidation sites excluding steroid dienone is 2. The Labute approximate surface area is 99.7 Å². The normalized spacial score (nSPS) is 23.6. The topological polar surface area (TPSA) is 20.3 Å². The Morgan fingerprint density at radius 3 is 2.75 bits per heavy atom. The maximum absolute atomic E-state index is 12.0. The van der Waals surface area contributed by atoms with Gasteiger partial charge >= 0.3 is 0 Å². The van der Waals surface area contributed by atoms with Crippen LogP contribution in [0.25, 0.3) is 0 Å². The molecule has 2 heteroatoms. The lowest BCUT2D eigenvalue weighted by molar-refractivity contribution is -0.118. The van der Waals surface area contributed by atoms with Crippen molar-refractivity contribution in [2.75, 3.05) is 20.6 Å². The Kier molecular flexibility index (Phi) is 5.75. The molecule has 16 heavy (non-hydrogen) atoms. The summed E-state index contributed by atoms with van der Waals surface area (Å²) in [6.07, 6.45) is 9.09. The molecular formula is C14H25NO. The van der Waals surface area contributed by atoms with Crippen LogP contribution in [0, 0.1) is 5.92 Å². The van der Waals surface area contributed by atoms with Gasteiger partial charge in [0.05, 0.1) is 0 Å². The Morgan fingerprint density at radius 2 is 2.12 bits per heavy atom. The second-order valence-electron chi connectivity index (χ2n) is 5.09. The van der Waals surface area contributed by atoms with Crippen molar-refractivity contribution in [3.63, 3.8) is 0 Å². The number of ketones is 1. The molecule has 2 nitrogen and oxygen atoms in total. The summed E-state index contributed by atoms with van der Waals surface area (Å²) in [5.74, 6) is 0.664. The minimum atomic E-state index is 0.257. The number of nitrogens with zero attached hydrogens (tertiary/aromatic N) is 1. The van der Waals surface area contributed by atoms with E-state index in [1.807, 2.05) is 14.1 Å². The van der Waals surface area contributed by atoms with E-state index in [1.165, 1.54) is 19.3 Å². The molecule has 0 radical (unpaired) electrons. The van der Waals surface area contributed by atoms with E-state index in [1.54, 1.807) is 0 Å². The summed E-state index contributed by atoms with van der Waals surface area (Å²) in [4.78, 5) is 14.1. The van der Waals surface area contributed by atoms with Gasteiger partial charge in [-0.05, 0) is 45.4 Å². The van der Waals surface area contributed by atoms with E-state index in [2.05, 4.69) is 17.9 Å². The van der Waals surface area contributed by atoms with E-state index in [0.29, 0.717) is 5.78 Å². The van der Waals surface area contributed by atoms with Gasteiger partial charge in [0, 0.05) is 12.5 Å². The fourth-order valence-corrected chi connectivity index (χ4v) is 2.33. The first-order chi connectivity index (χ1) is 7.65. The molecular weight excluding hydrogens is 198 g/mol. The van der Waals surface area contributed by atoms with Crippen LogP contribution < -0.4 is 0 Å². The molecule has 0 saturated heterocycles. The smallest absolute Gasteiger partial charge is 0.162 e. The van der Waals surface area contributed by atoms with Crippen LogP contribution in [0.2, 0.25) is 0 Å². The number of carbonyl (C=O) groups excluding carboxylic acids is 1. The molecule has 0 aromatic heterocycles. The van der Waals surface area contributed by atoms with Crippen LogP contribution >= 0.6 is 0 Å². The number of Topliss-reactive ketones (excluding diaryl/α,β-unsaturated/α-hetero) is 1. The van der Waals surface area contributed by atoms with E-state index in [4.69, 9.17) is 0 Å². The predicted molar refractivity (Wildman–Crippen MR) is 68.5 cm³/mol. The van der Waals surface area contributed by atoms with Gasteiger partial charge in [-0.1, -0.05) is 25.8 Å². The Bertz CT molecular complexity index is 255. The minimum absolute atomic E-state index is 0.257. The molecule has 1 rings (SSSR count).